The van der Waals surface area contributed by atoms with Crippen LogP contribution in [0.25, 0.3) is 0 Å². The molecule has 0 aromatic heterocycles. The van der Waals surface area contributed by atoms with Crippen LogP contribution in [0.4, 0.5) is 4.39 Å². The van der Waals surface area contributed by atoms with Gasteiger partial charge in [-0.25, -0.2) is 4.39 Å². The maximum absolute atomic E-state index is 12.1. The van der Waals surface area contributed by atoms with Crippen molar-refractivity contribution >= 4 is 10.1 Å². The number of alkyl halides is 1. The molecule has 0 spiro atoms. The van der Waals surface area contributed by atoms with Gasteiger partial charge in [-0.1, -0.05) is 0 Å². The fraction of sp³-hybridized carbons (Fsp3) is 1.00. The molecule has 0 N–H and O–H groups in total. The van der Waals surface area contributed by atoms with Crippen molar-refractivity contribution in [3.63, 3.8) is 0 Å². The van der Waals surface area contributed by atoms with Crippen LogP contribution in [0.5, 0.6) is 0 Å². The zero-order chi connectivity index (χ0) is 14.6. The van der Waals surface area contributed by atoms with Crippen LogP contribution in [0.1, 0.15) is 19.3 Å². The van der Waals surface area contributed by atoms with Gasteiger partial charge in [-0.05, 0) is 6.42 Å². The second-order valence-electron chi connectivity index (χ2n) is 4.25. The minimum Gasteiger partial charge on any atom is -0.267 e. The summed E-state index contributed by atoms with van der Waals surface area (Å²) < 4.78 is 38.0. The molecule has 0 aliphatic heterocycles. The van der Waals surface area contributed by atoms with Crippen molar-refractivity contribution in [2.45, 2.75) is 31.3 Å². The Morgan fingerprint density at radius 3 is 2.00 bits per heavy atom. The van der Waals surface area contributed by atoms with Crippen molar-refractivity contribution in [1.29, 1.82) is 0 Å². The summed E-state index contributed by atoms with van der Waals surface area (Å²) >= 11 is 0. The molecule has 19 heavy (non-hydrogen) atoms. The molecule has 0 amide bonds. The molecule has 110 valence electrons. The summed E-state index contributed by atoms with van der Waals surface area (Å²) in [6.07, 6.45) is 0.533. The first kappa shape index (κ1) is 15.7. The lowest BCUT2D eigenvalue weighted by atomic mass is 9.81. The smallest absolute Gasteiger partial charge is 0.267 e. The Hall–Kier alpha value is -1.36. The number of nitrogens with zero attached hydrogens (tertiary/aromatic N) is 2. The Morgan fingerprint density at radius 2 is 1.63 bits per heavy atom. The fourth-order valence-electron chi connectivity index (χ4n) is 2.18. The fourth-order valence-corrected chi connectivity index (χ4v) is 2.61. The topological polar surface area (TPSA) is 130 Å². The van der Waals surface area contributed by atoms with Gasteiger partial charge in [0.25, 0.3) is 10.1 Å². The van der Waals surface area contributed by atoms with Crippen LogP contribution < -0.4 is 0 Å². The number of nitro groups is 2. The van der Waals surface area contributed by atoms with Gasteiger partial charge < -0.3 is 0 Å². The van der Waals surface area contributed by atoms with Crippen LogP contribution in [-0.2, 0) is 14.3 Å². The van der Waals surface area contributed by atoms with Crippen LogP contribution in [-0.4, -0.2) is 43.0 Å². The molecule has 1 aliphatic carbocycles. The van der Waals surface area contributed by atoms with Gasteiger partial charge in [0, 0.05) is 22.7 Å². The van der Waals surface area contributed by atoms with Crippen molar-refractivity contribution < 1.29 is 26.8 Å². The monoisotopic (exact) mass is 300 g/mol. The van der Waals surface area contributed by atoms with E-state index in [-0.39, 0.29) is 12.8 Å². The largest absolute Gasteiger partial charge is 0.297 e. The van der Waals surface area contributed by atoms with Gasteiger partial charge in [-0.2, -0.15) is 8.42 Å². The molecule has 0 aromatic rings. The van der Waals surface area contributed by atoms with Gasteiger partial charge in [0.15, 0.2) is 0 Å². The van der Waals surface area contributed by atoms with Gasteiger partial charge in [0.1, 0.15) is 5.92 Å². The van der Waals surface area contributed by atoms with E-state index >= 15 is 0 Å². The first-order valence-electron chi connectivity index (χ1n) is 5.48. The van der Waals surface area contributed by atoms with Crippen LogP contribution in [0.3, 0.4) is 0 Å². The van der Waals surface area contributed by atoms with E-state index in [2.05, 4.69) is 4.18 Å². The van der Waals surface area contributed by atoms with Gasteiger partial charge in [0.2, 0.25) is 18.1 Å². The van der Waals surface area contributed by atoms with Gasteiger partial charge in [-0.15, -0.1) is 0 Å². The third-order valence-corrected chi connectivity index (χ3v) is 3.87. The molecular formula is C8H13FN2O7S. The zero-order valence-electron chi connectivity index (χ0n) is 9.81. The lowest BCUT2D eigenvalue weighted by Gasteiger charge is -2.27. The highest BCUT2D eigenvalue weighted by atomic mass is 32.2. The van der Waals surface area contributed by atoms with E-state index in [0.717, 1.165) is 0 Å². The molecule has 0 aromatic carbocycles. The van der Waals surface area contributed by atoms with E-state index in [4.69, 9.17) is 0 Å². The Kier molecular flexibility index (Phi) is 5.11. The summed E-state index contributed by atoms with van der Waals surface area (Å²) in [5.41, 5.74) is 0. The zero-order valence-corrected chi connectivity index (χ0v) is 10.6. The average Bonchev–Trinajstić information content (AvgIpc) is 2.35. The molecule has 2 atom stereocenters. The number of rotatable bonds is 6. The van der Waals surface area contributed by atoms with Gasteiger partial charge in [-0.3, -0.25) is 24.4 Å². The first-order valence-corrected chi connectivity index (χ1v) is 7.06. The first-order chi connectivity index (χ1) is 8.78. The quantitative estimate of drug-likeness (QED) is 0.393. The lowest BCUT2D eigenvalue weighted by Crippen LogP contribution is -2.47. The lowest BCUT2D eigenvalue weighted by molar-refractivity contribution is -0.584. The molecule has 0 heterocycles. The van der Waals surface area contributed by atoms with E-state index in [9.17, 15) is 33.0 Å². The Bertz CT molecular complexity index is 432. The minimum atomic E-state index is -4.43. The molecule has 1 fully saturated rings. The third-order valence-electron chi connectivity index (χ3n) is 3.10. The van der Waals surface area contributed by atoms with Crippen molar-refractivity contribution in [3.8, 4) is 0 Å². The number of hydrogen-bond donors (Lipinski definition) is 0. The SMILES string of the molecule is O=[N+]([O-])C1CCCC([N+](=O)[O-])C1COS(=O)(=O)CF. The second-order valence-corrected chi connectivity index (χ2v) is 5.82. The normalized spacial score (nSPS) is 27.9. The number of hydrogen-bond acceptors (Lipinski definition) is 7. The molecule has 9 nitrogen and oxygen atoms in total. The summed E-state index contributed by atoms with van der Waals surface area (Å²) in [5.74, 6) is -1.18. The predicted molar refractivity (Wildman–Crippen MR) is 59.8 cm³/mol. The molecule has 1 rings (SSSR count). The number of halogens is 1. The van der Waals surface area contributed by atoms with Crippen LogP contribution >= 0.6 is 0 Å². The highest BCUT2D eigenvalue weighted by Crippen LogP contribution is 2.29. The van der Waals surface area contributed by atoms with Crippen molar-refractivity contribution in [1.82, 2.24) is 0 Å². The summed E-state index contributed by atoms with van der Waals surface area (Å²) in [6, 6.07) is -4.27. The summed E-state index contributed by atoms with van der Waals surface area (Å²) in [7, 11) is -4.43. The van der Waals surface area contributed by atoms with Crippen LogP contribution in [0, 0.1) is 26.1 Å². The van der Waals surface area contributed by atoms with E-state index in [1.807, 2.05) is 0 Å². The van der Waals surface area contributed by atoms with E-state index < -0.39 is 50.6 Å². The third kappa shape index (κ3) is 4.06. The molecular weight excluding hydrogens is 287 g/mol. The van der Waals surface area contributed by atoms with Crippen molar-refractivity contribution in [2.24, 2.45) is 5.92 Å². The van der Waals surface area contributed by atoms with Crippen molar-refractivity contribution in [2.75, 3.05) is 12.6 Å². The molecule has 0 radical (unpaired) electrons. The summed E-state index contributed by atoms with van der Waals surface area (Å²) in [4.78, 5) is 20.3. The molecule has 2 unspecified atom stereocenters. The van der Waals surface area contributed by atoms with E-state index in [1.165, 1.54) is 0 Å². The standard InChI is InChI=1S/C8H13FN2O7S/c9-5-19(16,17)18-4-6-7(10(12)13)2-1-3-8(6)11(14)15/h6-8H,1-5H2. The summed E-state index contributed by atoms with van der Waals surface area (Å²) in [6.45, 7) is -0.746. The molecule has 1 saturated carbocycles. The Labute approximate surface area is 108 Å². The minimum absolute atomic E-state index is 0.112. The highest BCUT2D eigenvalue weighted by molar-refractivity contribution is 7.86. The van der Waals surface area contributed by atoms with Crippen LogP contribution in [0.2, 0.25) is 0 Å². The maximum atomic E-state index is 12.1. The molecule has 11 heteroatoms. The van der Waals surface area contributed by atoms with E-state index in [1.54, 1.807) is 0 Å². The maximum Gasteiger partial charge on any atom is 0.297 e. The predicted octanol–water partition coefficient (Wildman–Crippen LogP) is 0.351. The van der Waals surface area contributed by atoms with Crippen molar-refractivity contribution in [3.05, 3.63) is 20.2 Å². The molecule has 0 bridgehead atoms. The highest BCUT2D eigenvalue weighted by Gasteiger charge is 2.47. The average molecular weight is 300 g/mol. The van der Waals surface area contributed by atoms with Gasteiger partial charge >= 0.3 is 0 Å². The Balaban J connectivity index is 2.85. The molecule has 0 saturated heterocycles. The van der Waals surface area contributed by atoms with Gasteiger partial charge in [0.05, 0.1) is 6.61 Å². The second kappa shape index (κ2) is 6.19. The van der Waals surface area contributed by atoms with Crippen LogP contribution in [0.15, 0.2) is 0 Å². The summed E-state index contributed by atoms with van der Waals surface area (Å²) in [5, 5.41) is 21.7. The Morgan fingerprint density at radius 1 is 1.16 bits per heavy atom. The van der Waals surface area contributed by atoms with E-state index in [0.29, 0.717) is 6.42 Å². The molecule has 1 aliphatic rings.